The van der Waals surface area contributed by atoms with Crippen LogP contribution in [0.3, 0.4) is 0 Å². The molecule has 0 unspecified atom stereocenters. The van der Waals surface area contributed by atoms with Crippen LogP contribution in [0, 0.1) is 10.1 Å². The van der Waals surface area contributed by atoms with Gasteiger partial charge < -0.3 is 15.8 Å². The molecule has 1 saturated heterocycles. The van der Waals surface area contributed by atoms with Crippen molar-refractivity contribution in [3.63, 3.8) is 0 Å². The Balaban J connectivity index is 1.56. The minimum absolute atomic E-state index is 0.101. The topological polar surface area (TPSA) is 162 Å². The minimum Gasteiger partial charge on any atom is -0.452 e. The van der Waals surface area contributed by atoms with Crippen LogP contribution in [0.4, 0.5) is 17.1 Å². The molecule has 11 nitrogen and oxygen atoms in total. The molecule has 1 heterocycles. The van der Waals surface area contributed by atoms with E-state index in [0.29, 0.717) is 18.8 Å². The van der Waals surface area contributed by atoms with Gasteiger partial charge in [0.1, 0.15) is 0 Å². The first-order valence-corrected chi connectivity index (χ1v) is 11.2. The molecule has 0 bridgehead atoms. The second-order valence-corrected chi connectivity index (χ2v) is 9.08. The van der Waals surface area contributed by atoms with E-state index in [1.54, 1.807) is 0 Å². The van der Waals surface area contributed by atoms with E-state index in [9.17, 15) is 28.1 Å². The Morgan fingerprint density at radius 3 is 2.34 bits per heavy atom. The molecule has 2 aromatic carbocycles. The summed E-state index contributed by atoms with van der Waals surface area (Å²) in [5.74, 6) is -1.55. The number of anilines is 2. The number of hydrogen-bond acceptors (Lipinski definition) is 8. The molecule has 0 spiro atoms. The fourth-order valence-electron chi connectivity index (χ4n) is 3.22. The molecule has 0 radical (unpaired) electrons. The standard InChI is InChI=1S/C20H22N4O7S/c21-18-12-15(24(27)28)6-9-17(18)20(26)31-13-19(25)22-14-4-7-16(8-5-14)32(29,30)23-10-2-1-3-11-23/h4-9,12H,1-3,10-11,13,21H2,(H,22,25). The summed E-state index contributed by atoms with van der Waals surface area (Å²) < 4.78 is 31.7. The van der Waals surface area contributed by atoms with Crippen molar-refractivity contribution in [2.75, 3.05) is 30.7 Å². The normalized spacial score (nSPS) is 14.5. The molecule has 0 aromatic heterocycles. The quantitative estimate of drug-likeness (QED) is 0.274. The molecule has 1 aliphatic rings. The van der Waals surface area contributed by atoms with Crippen molar-refractivity contribution in [3.8, 4) is 0 Å². The Hall–Kier alpha value is -3.51. The zero-order chi connectivity index (χ0) is 23.3. The first-order chi connectivity index (χ1) is 15.2. The van der Waals surface area contributed by atoms with Gasteiger partial charge in [0, 0.05) is 30.9 Å². The molecule has 0 atom stereocenters. The molecule has 1 amide bonds. The van der Waals surface area contributed by atoms with Gasteiger partial charge in [0.25, 0.3) is 11.6 Å². The third kappa shape index (κ3) is 5.39. The molecule has 32 heavy (non-hydrogen) atoms. The average molecular weight is 462 g/mol. The van der Waals surface area contributed by atoms with Gasteiger partial charge in [-0.05, 0) is 43.2 Å². The van der Waals surface area contributed by atoms with Crippen LogP contribution in [0.2, 0.25) is 0 Å². The number of nitrogens with two attached hydrogens (primary N) is 1. The Morgan fingerprint density at radius 2 is 1.75 bits per heavy atom. The number of piperidine rings is 1. The fourth-order valence-corrected chi connectivity index (χ4v) is 4.74. The molecule has 2 aromatic rings. The van der Waals surface area contributed by atoms with E-state index in [-0.39, 0.29) is 21.8 Å². The lowest BCUT2D eigenvalue weighted by Crippen LogP contribution is -2.35. The molecule has 0 saturated carbocycles. The summed E-state index contributed by atoms with van der Waals surface area (Å²) in [6.07, 6.45) is 2.67. The second-order valence-electron chi connectivity index (χ2n) is 7.14. The van der Waals surface area contributed by atoms with Gasteiger partial charge in [0.2, 0.25) is 10.0 Å². The zero-order valence-electron chi connectivity index (χ0n) is 17.0. The Bertz CT molecular complexity index is 1130. The number of amides is 1. The van der Waals surface area contributed by atoms with Crippen LogP contribution in [0.1, 0.15) is 29.6 Å². The summed E-state index contributed by atoms with van der Waals surface area (Å²) >= 11 is 0. The number of nitro benzene ring substituents is 1. The maximum absolute atomic E-state index is 12.7. The smallest absolute Gasteiger partial charge is 0.340 e. The maximum Gasteiger partial charge on any atom is 0.340 e. The fraction of sp³-hybridized carbons (Fsp3) is 0.300. The number of sulfonamides is 1. The highest BCUT2D eigenvalue weighted by Gasteiger charge is 2.25. The monoisotopic (exact) mass is 462 g/mol. The predicted molar refractivity (Wildman–Crippen MR) is 115 cm³/mol. The molecule has 1 aliphatic heterocycles. The second kappa shape index (κ2) is 9.75. The van der Waals surface area contributed by atoms with Gasteiger partial charge in [-0.2, -0.15) is 4.31 Å². The molecular weight excluding hydrogens is 440 g/mol. The summed E-state index contributed by atoms with van der Waals surface area (Å²) in [6, 6.07) is 8.99. The number of rotatable bonds is 7. The highest BCUT2D eigenvalue weighted by atomic mass is 32.2. The van der Waals surface area contributed by atoms with Gasteiger partial charge in [-0.15, -0.1) is 0 Å². The zero-order valence-corrected chi connectivity index (χ0v) is 17.8. The first kappa shape index (κ1) is 23.2. The third-order valence-electron chi connectivity index (χ3n) is 4.89. The van der Waals surface area contributed by atoms with Crippen molar-refractivity contribution < 1.29 is 27.7 Å². The van der Waals surface area contributed by atoms with Gasteiger partial charge in [-0.25, -0.2) is 13.2 Å². The molecule has 3 rings (SSSR count). The van der Waals surface area contributed by atoms with Gasteiger partial charge >= 0.3 is 5.97 Å². The molecular formula is C20H22N4O7S. The summed E-state index contributed by atoms with van der Waals surface area (Å²) in [5.41, 5.74) is 5.45. The number of hydrogen-bond donors (Lipinski definition) is 2. The van der Waals surface area contributed by atoms with Crippen molar-refractivity contribution in [2.45, 2.75) is 24.2 Å². The van der Waals surface area contributed by atoms with E-state index in [1.807, 2.05) is 0 Å². The van der Waals surface area contributed by atoms with Crippen LogP contribution < -0.4 is 11.1 Å². The lowest BCUT2D eigenvalue weighted by atomic mass is 10.1. The number of non-ortho nitro benzene ring substituents is 1. The van der Waals surface area contributed by atoms with Crippen LogP contribution in [0.5, 0.6) is 0 Å². The van der Waals surface area contributed by atoms with Gasteiger partial charge in [-0.3, -0.25) is 14.9 Å². The summed E-state index contributed by atoms with van der Waals surface area (Å²) in [7, 11) is -3.57. The average Bonchev–Trinajstić information content (AvgIpc) is 2.78. The molecule has 12 heteroatoms. The number of ether oxygens (including phenoxy) is 1. The first-order valence-electron chi connectivity index (χ1n) is 9.79. The lowest BCUT2D eigenvalue weighted by molar-refractivity contribution is -0.384. The van der Waals surface area contributed by atoms with Crippen molar-refractivity contribution in [1.29, 1.82) is 0 Å². The molecule has 3 N–H and O–H groups in total. The van der Waals surface area contributed by atoms with Crippen LogP contribution in [0.15, 0.2) is 47.4 Å². The van der Waals surface area contributed by atoms with Gasteiger partial charge in [-0.1, -0.05) is 6.42 Å². The number of nitrogen functional groups attached to an aromatic ring is 1. The van der Waals surface area contributed by atoms with E-state index < -0.39 is 33.4 Å². The van der Waals surface area contributed by atoms with Crippen molar-refractivity contribution in [3.05, 3.63) is 58.1 Å². The summed E-state index contributed by atoms with van der Waals surface area (Å²) in [4.78, 5) is 34.4. The van der Waals surface area contributed by atoms with Crippen molar-refractivity contribution >= 4 is 39.0 Å². The van der Waals surface area contributed by atoms with Crippen LogP contribution in [-0.4, -0.2) is 49.2 Å². The molecule has 0 aliphatic carbocycles. The number of nitrogens with one attached hydrogen (secondary N) is 1. The summed E-state index contributed by atoms with van der Waals surface area (Å²) in [6.45, 7) is 0.361. The van der Waals surface area contributed by atoms with E-state index >= 15 is 0 Å². The number of nitrogens with zero attached hydrogens (tertiary/aromatic N) is 2. The number of carbonyl (C=O) groups is 2. The third-order valence-corrected chi connectivity index (χ3v) is 6.80. The Morgan fingerprint density at radius 1 is 1.09 bits per heavy atom. The Labute approximate surface area is 184 Å². The lowest BCUT2D eigenvalue weighted by Gasteiger charge is -2.25. The Kier molecular flexibility index (Phi) is 7.05. The SMILES string of the molecule is Nc1cc([N+](=O)[O-])ccc1C(=O)OCC(=O)Nc1ccc(S(=O)(=O)N2CCCCC2)cc1. The minimum atomic E-state index is -3.57. The number of esters is 1. The number of nitro groups is 1. The van der Waals surface area contributed by atoms with E-state index in [2.05, 4.69) is 5.32 Å². The van der Waals surface area contributed by atoms with Crippen LogP contribution in [0.25, 0.3) is 0 Å². The molecule has 1 fully saturated rings. The maximum atomic E-state index is 12.7. The highest BCUT2D eigenvalue weighted by molar-refractivity contribution is 7.89. The number of benzene rings is 2. The number of carbonyl (C=O) groups excluding carboxylic acids is 2. The predicted octanol–water partition coefficient (Wildman–Crippen LogP) is 2.15. The van der Waals surface area contributed by atoms with Gasteiger partial charge in [0.05, 0.1) is 21.1 Å². The van der Waals surface area contributed by atoms with Gasteiger partial charge in [0.15, 0.2) is 6.61 Å². The molecule has 170 valence electrons. The van der Waals surface area contributed by atoms with Crippen LogP contribution >= 0.6 is 0 Å². The van der Waals surface area contributed by atoms with E-state index in [0.717, 1.165) is 37.5 Å². The summed E-state index contributed by atoms with van der Waals surface area (Å²) in [5, 5.41) is 13.2. The van der Waals surface area contributed by atoms with E-state index in [1.165, 1.54) is 28.6 Å². The van der Waals surface area contributed by atoms with Crippen molar-refractivity contribution in [1.82, 2.24) is 4.31 Å². The largest absolute Gasteiger partial charge is 0.452 e. The van der Waals surface area contributed by atoms with Crippen LogP contribution in [-0.2, 0) is 19.6 Å². The van der Waals surface area contributed by atoms with E-state index in [4.69, 9.17) is 10.5 Å². The highest BCUT2D eigenvalue weighted by Crippen LogP contribution is 2.22. The van der Waals surface area contributed by atoms with Crippen molar-refractivity contribution in [2.24, 2.45) is 0 Å².